The molecule has 4 N–H and O–H groups in total. The Kier molecular flexibility index (Phi) is 25.9. The summed E-state index contributed by atoms with van der Waals surface area (Å²) in [5.41, 5.74) is 0.836. The van der Waals surface area contributed by atoms with Gasteiger partial charge in [0, 0.05) is 60.8 Å². The number of esters is 1. The maximum atomic E-state index is 14.7. The van der Waals surface area contributed by atoms with Crippen LogP contribution in [0.15, 0.2) is 30.3 Å². The first-order valence-corrected chi connectivity index (χ1v) is 24.8. The fraction of sp³-hybridized carbons (Fsp3) is 0.673. The van der Waals surface area contributed by atoms with Crippen molar-refractivity contribution >= 4 is 53.3 Å². The van der Waals surface area contributed by atoms with E-state index in [1.165, 1.54) is 45.1 Å². The van der Waals surface area contributed by atoms with Crippen LogP contribution in [-0.4, -0.2) is 182 Å². The van der Waals surface area contributed by atoms with Crippen LogP contribution in [0.5, 0.6) is 0 Å². The van der Waals surface area contributed by atoms with Gasteiger partial charge >= 0.3 is 11.9 Å². The van der Waals surface area contributed by atoms with Gasteiger partial charge < -0.3 is 54.9 Å². The quantitative estimate of drug-likeness (QED) is 0.0665. The first-order chi connectivity index (χ1) is 33.9. The van der Waals surface area contributed by atoms with Crippen molar-refractivity contribution in [2.24, 2.45) is 23.7 Å². The maximum absolute atomic E-state index is 14.7. The number of carboxylic acids is 1. The van der Waals surface area contributed by atoms with Gasteiger partial charge in [0.05, 0.1) is 50.2 Å². The van der Waals surface area contributed by atoms with E-state index in [1.807, 2.05) is 50.1 Å². The molecule has 20 heteroatoms. The minimum atomic E-state index is -1.15. The minimum absolute atomic E-state index is 0.111. The van der Waals surface area contributed by atoms with Gasteiger partial charge in [0.1, 0.15) is 24.2 Å². The smallest absolute Gasteiger partial charge is 0.328 e. The number of amides is 7. The van der Waals surface area contributed by atoms with Gasteiger partial charge in [0.15, 0.2) is 0 Å². The molecule has 1 unspecified atom stereocenters. The molecule has 10 atom stereocenters. The van der Waals surface area contributed by atoms with Crippen LogP contribution in [0.4, 0.5) is 0 Å². The summed E-state index contributed by atoms with van der Waals surface area (Å²) in [4.78, 5) is 125. The third-order valence-corrected chi connectivity index (χ3v) is 13.6. The molecule has 0 bridgehead atoms. The highest BCUT2D eigenvalue weighted by Gasteiger charge is 2.44. The lowest BCUT2D eigenvalue weighted by Gasteiger charge is -2.41. The first kappa shape index (κ1) is 62.0. The predicted octanol–water partition coefficient (Wildman–Crippen LogP) is 2.26. The molecule has 1 aromatic carbocycles. The molecule has 1 heterocycles. The van der Waals surface area contributed by atoms with Gasteiger partial charge in [-0.15, -0.1) is 6.42 Å². The number of likely N-dealkylation sites (N-methyl/N-ethyl adjacent to an activating group) is 2. The lowest BCUT2D eigenvalue weighted by molar-refractivity contribution is -0.149. The molecule has 0 spiro atoms. The number of carboxylic acid groups (broad SMARTS) is 1. The Balaban J connectivity index is 2.27. The number of nitrogens with one attached hydrogen (secondary N) is 3. The van der Waals surface area contributed by atoms with Gasteiger partial charge in [-0.2, -0.15) is 0 Å². The highest BCUT2D eigenvalue weighted by Crippen LogP contribution is 2.30. The van der Waals surface area contributed by atoms with Gasteiger partial charge in [-0.05, 0) is 49.0 Å². The summed E-state index contributed by atoms with van der Waals surface area (Å²) in [5, 5.41) is 17.3. The molecule has 20 nitrogen and oxygen atoms in total. The van der Waals surface area contributed by atoms with Gasteiger partial charge in [-0.25, -0.2) is 4.79 Å². The van der Waals surface area contributed by atoms with Gasteiger partial charge in [0.2, 0.25) is 35.4 Å². The first-order valence-electron chi connectivity index (χ1n) is 24.8. The summed E-state index contributed by atoms with van der Waals surface area (Å²) >= 11 is 0. The number of aliphatic carboxylic acids is 1. The molecule has 1 fully saturated rings. The Morgan fingerprint density at radius 1 is 0.819 bits per heavy atom. The van der Waals surface area contributed by atoms with Crippen LogP contribution in [-0.2, 0) is 63.8 Å². The summed E-state index contributed by atoms with van der Waals surface area (Å²) < 4.78 is 17.0. The highest BCUT2D eigenvalue weighted by atomic mass is 16.5. The Morgan fingerprint density at radius 3 is 1.97 bits per heavy atom. The Labute approximate surface area is 425 Å². The number of hydrogen-bond donors (Lipinski definition) is 4. The number of carbonyl (C=O) groups is 9. The summed E-state index contributed by atoms with van der Waals surface area (Å²) in [6.45, 7) is 14.1. The van der Waals surface area contributed by atoms with E-state index in [0.29, 0.717) is 25.8 Å². The highest BCUT2D eigenvalue weighted by molar-refractivity contribution is 5.95. The molecule has 0 aliphatic carbocycles. The largest absolute Gasteiger partial charge is 0.481 e. The van der Waals surface area contributed by atoms with Crippen LogP contribution in [0.1, 0.15) is 99.5 Å². The normalized spacial score (nSPS) is 17.1. The average molecular weight is 1010 g/mol. The van der Waals surface area contributed by atoms with E-state index in [-0.39, 0.29) is 50.6 Å². The van der Waals surface area contributed by atoms with Gasteiger partial charge in [-0.1, -0.05) is 85.2 Å². The van der Waals surface area contributed by atoms with Crippen molar-refractivity contribution in [2.75, 3.05) is 55.1 Å². The summed E-state index contributed by atoms with van der Waals surface area (Å²) in [6, 6.07) is 3.93. The Bertz CT molecular complexity index is 2050. The van der Waals surface area contributed by atoms with Gasteiger partial charge in [-0.3, -0.25) is 38.4 Å². The van der Waals surface area contributed by atoms with E-state index in [2.05, 4.69) is 16.0 Å². The lowest BCUT2D eigenvalue weighted by Crippen LogP contribution is -2.61. The van der Waals surface area contributed by atoms with E-state index in [4.69, 9.17) is 25.7 Å². The molecule has 402 valence electrons. The van der Waals surface area contributed by atoms with Crippen LogP contribution < -0.4 is 16.0 Å². The standard InChI is InChI=1S/C52H81N7O13/c1-15-33(7)46(39(70-12)30-42(62)59-26-20-23-38(59)47(71-13)34(8)48(65)54-37(52(69)72-14)29-36-21-18-17-19-22-36)57(11)51(68)44(31(3)4)55-49(66)45(32(5)6)56(10)50(67)35(9)53-40(60)24-27-58(41(61)16-2)28-25-43(63)64/h2,17-19,21-22,31-35,37-39,44-47H,15,20,23-30H2,1,3-14H3,(H,53,60)(H,54,65)(H,55,66)(H,63,64)/t33-,34+,35?,37-,38-,39+,44-,45+,46-,47+/m0/s1. The fourth-order valence-electron chi connectivity index (χ4n) is 9.38. The summed E-state index contributed by atoms with van der Waals surface area (Å²) in [5.74, 6) is -5.38. The predicted molar refractivity (Wildman–Crippen MR) is 268 cm³/mol. The van der Waals surface area contributed by atoms with Crippen LogP contribution in [0.2, 0.25) is 0 Å². The van der Waals surface area contributed by atoms with Crippen molar-refractivity contribution in [3.63, 3.8) is 0 Å². The second-order valence-corrected chi connectivity index (χ2v) is 19.4. The molecular formula is C52H81N7O13. The third kappa shape index (κ3) is 17.6. The molecule has 1 aliphatic rings. The number of terminal acetylenes is 1. The van der Waals surface area contributed by atoms with Crippen molar-refractivity contribution in [3.05, 3.63) is 35.9 Å². The molecule has 7 amide bonds. The number of ether oxygens (including phenoxy) is 3. The second kappa shape index (κ2) is 30.1. The summed E-state index contributed by atoms with van der Waals surface area (Å²) in [6.07, 6.45) is 4.98. The average Bonchev–Trinajstić information content (AvgIpc) is 3.83. The van der Waals surface area contributed by atoms with E-state index < -0.39 is 114 Å². The van der Waals surface area contributed by atoms with Crippen molar-refractivity contribution < 1.29 is 62.5 Å². The third-order valence-electron chi connectivity index (χ3n) is 13.6. The number of benzene rings is 1. The second-order valence-electron chi connectivity index (χ2n) is 19.4. The molecule has 1 aliphatic heterocycles. The van der Waals surface area contributed by atoms with E-state index >= 15 is 0 Å². The number of methoxy groups -OCH3 is 3. The van der Waals surface area contributed by atoms with Crippen molar-refractivity contribution in [1.82, 2.24) is 35.6 Å². The molecule has 0 saturated carbocycles. The zero-order chi connectivity index (χ0) is 54.6. The maximum Gasteiger partial charge on any atom is 0.328 e. The van der Waals surface area contributed by atoms with Crippen molar-refractivity contribution in [3.8, 4) is 12.3 Å². The molecule has 72 heavy (non-hydrogen) atoms. The molecule has 1 aromatic rings. The van der Waals surface area contributed by atoms with E-state index in [9.17, 15) is 43.2 Å². The van der Waals surface area contributed by atoms with E-state index in [0.717, 1.165) is 10.5 Å². The number of hydrogen-bond acceptors (Lipinski definition) is 12. The number of carbonyl (C=O) groups excluding carboxylic acids is 8. The number of likely N-dealkylation sites (tertiary alicyclic amines) is 1. The fourth-order valence-corrected chi connectivity index (χ4v) is 9.38. The molecule has 1 saturated heterocycles. The summed E-state index contributed by atoms with van der Waals surface area (Å²) in [7, 11) is 7.27. The molecule has 0 radical (unpaired) electrons. The van der Waals surface area contributed by atoms with E-state index in [1.54, 1.807) is 46.6 Å². The Hall–Kier alpha value is -6.07. The van der Waals surface area contributed by atoms with Crippen LogP contribution in [0.3, 0.4) is 0 Å². The Morgan fingerprint density at radius 2 is 1.44 bits per heavy atom. The van der Waals surface area contributed by atoms with Crippen LogP contribution in [0.25, 0.3) is 0 Å². The lowest BCUT2D eigenvalue weighted by atomic mass is 9.89. The zero-order valence-electron chi connectivity index (χ0n) is 44.6. The number of rotatable bonds is 29. The minimum Gasteiger partial charge on any atom is -0.481 e. The molecular weight excluding hydrogens is 931 g/mol. The van der Waals surface area contributed by atoms with Crippen LogP contribution >= 0.6 is 0 Å². The van der Waals surface area contributed by atoms with Gasteiger partial charge in [0.25, 0.3) is 5.91 Å². The van der Waals surface area contributed by atoms with Crippen molar-refractivity contribution in [2.45, 2.75) is 149 Å². The molecule has 2 rings (SSSR count). The van der Waals surface area contributed by atoms with Crippen molar-refractivity contribution in [1.29, 1.82) is 0 Å². The monoisotopic (exact) mass is 1010 g/mol. The molecule has 0 aromatic heterocycles. The number of nitrogens with zero attached hydrogens (tertiary/aromatic N) is 4. The van der Waals surface area contributed by atoms with Crippen LogP contribution in [0, 0.1) is 36.0 Å². The SMILES string of the molecule is C#CC(=O)N(CCC(=O)O)CCC(=O)NC(C)C(=O)N(C)[C@@H](C(=O)N[C@H](C(=O)N(C)[C@@H]([C@@H](C)CC)[C@@H](CC(=O)N1CCC[C@H]1[C@H](OC)[C@@H](C)C(=O)N[C@@H](Cc1ccccc1)C(=O)OC)OC)C(C)C)C(C)C. The zero-order valence-corrected chi connectivity index (χ0v) is 44.6. The topological polar surface area (TPSA) is 251 Å².